The predicted molar refractivity (Wildman–Crippen MR) is 52.8 cm³/mol. The Hall–Kier alpha value is -0.980. The van der Waals surface area contributed by atoms with E-state index in [0.29, 0.717) is 0 Å². The normalized spacial score (nSPS) is 10.0. The standard InChI is InChI=1S/C7H18N3.CHF3O/c1-8(2)7(9(3)4)10(5)6;2-1(3,4)5/h1-6H3;5H/q+1;. The second kappa shape index (κ2) is 6.49. The van der Waals surface area contributed by atoms with Gasteiger partial charge in [0.25, 0.3) is 0 Å². The molecule has 0 aliphatic heterocycles. The number of rotatable bonds is 0. The van der Waals surface area contributed by atoms with Crippen LogP contribution in [0.5, 0.6) is 0 Å². The Bertz CT molecular complexity index is 192. The van der Waals surface area contributed by atoms with Gasteiger partial charge in [0.1, 0.15) is 0 Å². The van der Waals surface area contributed by atoms with Gasteiger partial charge in [0.05, 0.1) is 42.3 Å². The van der Waals surface area contributed by atoms with E-state index >= 15 is 0 Å². The van der Waals surface area contributed by atoms with E-state index in [1.165, 1.54) is 5.96 Å². The molecule has 0 aliphatic rings. The van der Waals surface area contributed by atoms with E-state index in [-0.39, 0.29) is 0 Å². The molecule has 0 aromatic heterocycles. The summed E-state index contributed by atoms with van der Waals surface area (Å²) in [5.74, 6) is 1.19. The zero-order chi connectivity index (χ0) is 12.8. The topological polar surface area (TPSA) is 29.7 Å². The number of guanidine groups is 1. The molecule has 0 radical (unpaired) electrons. The van der Waals surface area contributed by atoms with Crippen molar-refractivity contribution in [3.05, 3.63) is 0 Å². The third-order valence-electron chi connectivity index (χ3n) is 1.20. The summed E-state index contributed by atoms with van der Waals surface area (Å²) in [6, 6.07) is 0. The van der Waals surface area contributed by atoms with Crippen LogP contribution in [-0.4, -0.2) is 74.1 Å². The largest absolute Gasteiger partial charge is 0.519 e. The highest BCUT2D eigenvalue weighted by Crippen LogP contribution is 2.06. The van der Waals surface area contributed by atoms with E-state index in [2.05, 4.69) is 14.4 Å². The first kappa shape index (κ1) is 16.4. The molecule has 7 heteroatoms. The van der Waals surface area contributed by atoms with Crippen LogP contribution in [0.15, 0.2) is 0 Å². The Kier molecular flexibility index (Phi) is 7.12. The minimum atomic E-state index is -5.00. The van der Waals surface area contributed by atoms with Crippen LogP contribution in [0, 0.1) is 0 Å². The molecule has 0 rings (SSSR count). The van der Waals surface area contributed by atoms with Gasteiger partial charge in [-0.1, -0.05) is 0 Å². The fourth-order valence-corrected chi connectivity index (χ4v) is 1.20. The molecule has 0 fully saturated rings. The van der Waals surface area contributed by atoms with Crippen LogP contribution in [0.2, 0.25) is 0 Å². The van der Waals surface area contributed by atoms with Gasteiger partial charge in [0.2, 0.25) is 0 Å². The Labute approximate surface area is 88.2 Å². The Morgan fingerprint density at radius 1 is 1.00 bits per heavy atom. The Balaban J connectivity index is 0. The van der Waals surface area contributed by atoms with Crippen molar-refractivity contribution in [2.45, 2.75) is 6.36 Å². The van der Waals surface area contributed by atoms with Crippen LogP contribution in [0.3, 0.4) is 0 Å². The lowest BCUT2D eigenvalue weighted by Gasteiger charge is -2.16. The fourth-order valence-electron chi connectivity index (χ4n) is 1.20. The number of hydrogen-bond acceptors (Lipinski definition) is 1. The van der Waals surface area contributed by atoms with Crippen molar-refractivity contribution in [1.29, 1.82) is 0 Å². The van der Waals surface area contributed by atoms with Crippen LogP contribution in [0.4, 0.5) is 13.2 Å². The van der Waals surface area contributed by atoms with Crippen LogP contribution >= 0.6 is 0 Å². The van der Waals surface area contributed by atoms with Gasteiger partial charge in [-0.2, -0.15) is 0 Å². The van der Waals surface area contributed by atoms with Crippen molar-refractivity contribution in [3.63, 3.8) is 0 Å². The maximum atomic E-state index is 9.91. The summed E-state index contributed by atoms with van der Waals surface area (Å²) in [7, 11) is 12.2. The van der Waals surface area contributed by atoms with Gasteiger partial charge in [-0.3, -0.25) is 14.4 Å². The molecule has 0 heterocycles. The number of hydrogen-bond donors (Lipinski definition) is 1. The minimum absolute atomic E-state index is 1.19. The number of nitrogens with zero attached hydrogens (tertiary/aromatic N) is 3. The SMILES string of the molecule is CN(C)C(N(C)C)=[N+](C)C.OC(F)(F)F. The first-order valence-electron chi connectivity index (χ1n) is 4.14. The Morgan fingerprint density at radius 2 is 1.20 bits per heavy atom. The van der Waals surface area contributed by atoms with Gasteiger partial charge in [-0.25, -0.2) is 0 Å². The van der Waals surface area contributed by atoms with Gasteiger partial charge in [0, 0.05) is 0 Å². The van der Waals surface area contributed by atoms with Crippen LogP contribution < -0.4 is 0 Å². The summed E-state index contributed by atoms with van der Waals surface area (Å²) in [5.41, 5.74) is 0. The molecular formula is C8H19F3N3O+. The monoisotopic (exact) mass is 230 g/mol. The number of aliphatic hydroxyl groups is 1. The lowest BCUT2D eigenvalue weighted by Crippen LogP contribution is -2.40. The smallest absolute Gasteiger partial charge is 0.308 e. The van der Waals surface area contributed by atoms with Crippen molar-refractivity contribution in [3.8, 4) is 0 Å². The molecule has 0 bridgehead atoms. The summed E-state index contributed by atoms with van der Waals surface area (Å²) in [4.78, 5) is 4.17. The van der Waals surface area contributed by atoms with Crippen LogP contribution in [0.25, 0.3) is 0 Å². The molecule has 92 valence electrons. The molecule has 0 unspecified atom stereocenters. The zero-order valence-electron chi connectivity index (χ0n) is 9.92. The highest BCUT2D eigenvalue weighted by Gasteiger charge is 2.20. The summed E-state index contributed by atoms with van der Waals surface area (Å²) >= 11 is 0. The number of halogens is 3. The van der Waals surface area contributed by atoms with Gasteiger partial charge in [-0.05, 0) is 0 Å². The molecule has 0 saturated carbocycles. The van der Waals surface area contributed by atoms with Gasteiger partial charge in [-0.15, -0.1) is 13.2 Å². The van der Waals surface area contributed by atoms with Crippen LogP contribution in [0.1, 0.15) is 0 Å². The lowest BCUT2D eigenvalue weighted by molar-refractivity contribution is -0.475. The van der Waals surface area contributed by atoms with E-state index in [1.54, 1.807) is 0 Å². The third kappa shape index (κ3) is 13.0. The lowest BCUT2D eigenvalue weighted by atomic mass is 10.7. The molecule has 0 aromatic rings. The summed E-state index contributed by atoms with van der Waals surface area (Å²) in [5, 5.41) is 6.52. The van der Waals surface area contributed by atoms with E-state index in [4.69, 9.17) is 5.11 Å². The molecule has 4 nitrogen and oxygen atoms in total. The summed E-state index contributed by atoms with van der Waals surface area (Å²) in [6.45, 7) is 0. The first-order valence-corrected chi connectivity index (χ1v) is 4.14. The maximum absolute atomic E-state index is 9.91. The molecule has 15 heavy (non-hydrogen) atoms. The van der Waals surface area contributed by atoms with E-state index < -0.39 is 6.36 Å². The fraction of sp³-hybridized carbons (Fsp3) is 0.875. The molecular weight excluding hydrogens is 211 g/mol. The average Bonchev–Trinajstić information content (AvgIpc) is 1.77. The van der Waals surface area contributed by atoms with Crippen molar-refractivity contribution < 1.29 is 22.9 Å². The maximum Gasteiger partial charge on any atom is 0.519 e. The van der Waals surface area contributed by atoms with Gasteiger partial charge < -0.3 is 5.11 Å². The van der Waals surface area contributed by atoms with Crippen LogP contribution in [-0.2, 0) is 0 Å². The van der Waals surface area contributed by atoms with Gasteiger partial charge >= 0.3 is 12.3 Å². The van der Waals surface area contributed by atoms with E-state index in [9.17, 15) is 13.2 Å². The molecule has 0 aliphatic carbocycles. The minimum Gasteiger partial charge on any atom is -0.308 e. The molecule has 0 atom stereocenters. The van der Waals surface area contributed by atoms with E-state index in [0.717, 1.165) is 0 Å². The summed E-state index contributed by atoms with van der Waals surface area (Å²) < 4.78 is 31.8. The van der Waals surface area contributed by atoms with E-state index in [1.807, 2.05) is 42.3 Å². The second-order valence-corrected chi connectivity index (χ2v) is 3.45. The second-order valence-electron chi connectivity index (χ2n) is 3.45. The molecule has 1 N–H and O–H groups in total. The quantitative estimate of drug-likeness (QED) is 0.367. The Morgan fingerprint density at radius 3 is 1.20 bits per heavy atom. The van der Waals surface area contributed by atoms with Gasteiger partial charge in [0.15, 0.2) is 0 Å². The molecule has 0 saturated heterocycles. The molecule has 0 aromatic carbocycles. The third-order valence-corrected chi connectivity index (χ3v) is 1.20. The summed E-state index contributed by atoms with van der Waals surface area (Å²) in [6.07, 6.45) is -5.00. The van der Waals surface area contributed by atoms with Crippen molar-refractivity contribution in [2.75, 3.05) is 42.3 Å². The van der Waals surface area contributed by atoms with Crippen molar-refractivity contribution >= 4 is 5.96 Å². The molecule has 0 amide bonds. The predicted octanol–water partition coefficient (Wildman–Crippen LogP) is 0.236. The zero-order valence-corrected chi connectivity index (χ0v) is 9.92. The average molecular weight is 230 g/mol. The van der Waals surface area contributed by atoms with Crippen molar-refractivity contribution in [1.82, 2.24) is 9.80 Å². The van der Waals surface area contributed by atoms with Crippen molar-refractivity contribution in [2.24, 2.45) is 0 Å². The number of alkyl halides is 3. The highest BCUT2D eigenvalue weighted by molar-refractivity contribution is 5.73. The first-order chi connectivity index (χ1) is 6.46. The highest BCUT2D eigenvalue weighted by atomic mass is 19.4. The molecule has 0 spiro atoms.